The second-order valence-electron chi connectivity index (χ2n) is 19.3. The maximum absolute atomic E-state index is 13.7. The van der Waals surface area contributed by atoms with Crippen LogP contribution in [-0.2, 0) is 9.59 Å². The van der Waals surface area contributed by atoms with Crippen LogP contribution in [0, 0.1) is 21.7 Å². The van der Waals surface area contributed by atoms with Crippen molar-refractivity contribution in [2.24, 2.45) is 21.7 Å². The Hall–Kier alpha value is -4.72. The first-order valence-corrected chi connectivity index (χ1v) is 20.7. The first-order valence-electron chi connectivity index (χ1n) is 20.7. The lowest BCUT2D eigenvalue weighted by molar-refractivity contribution is -0.130. The third-order valence-electron chi connectivity index (χ3n) is 12.1. The van der Waals surface area contributed by atoms with Crippen molar-refractivity contribution in [3.63, 3.8) is 0 Å². The van der Waals surface area contributed by atoms with Crippen molar-refractivity contribution in [2.75, 3.05) is 0 Å². The summed E-state index contributed by atoms with van der Waals surface area (Å²) >= 11 is 0. The molecule has 8 heteroatoms. The number of rotatable bonds is 11. The van der Waals surface area contributed by atoms with Gasteiger partial charge in [-0.15, -0.1) is 0 Å². The van der Waals surface area contributed by atoms with Crippen LogP contribution in [0.3, 0.4) is 0 Å². The Morgan fingerprint density at radius 2 is 0.875 bits per heavy atom. The fraction of sp³-hybridized carbons (Fsp3) is 0.500. The van der Waals surface area contributed by atoms with Gasteiger partial charge in [0.1, 0.15) is 11.6 Å². The number of allylic oxidation sites excluding steroid dienone is 2. The minimum atomic E-state index is -0.563. The highest BCUT2D eigenvalue weighted by Crippen LogP contribution is 2.40. The summed E-state index contributed by atoms with van der Waals surface area (Å²) in [6.07, 6.45) is 17.0. The summed E-state index contributed by atoms with van der Waals surface area (Å²) in [7, 11) is 0. The fourth-order valence-electron chi connectivity index (χ4n) is 8.06. The molecule has 298 valence electrons. The lowest BCUT2D eigenvalue weighted by atomic mass is 9.77. The maximum Gasteiger partial charge on any atom is 0.230 e. The Kier molecular flexibility index (Phi) is 11.7. The van der Waals surface area contributed by atoms with Gasteiger partial charge in [0.25, 0.3) is 0 Å². The van der Waals surface area contributed by atoms with Crippen molar-refractivity contribution in [1.29, 1.82) is 0 Å². The van der Waals surface area contributed by atoms with Gasteiger partial charge in [-0.1, -0.05) is 113 Å². The molecule has 8 nitrogen and oxygen atoms in total. The highest BCUT2D eigenvalue weighted by atomic mass is 16.2. The molecule has 0 saturated heterocycles. The number of amides is 2. The normalized spacial score (nSPS) is 16.8. The van der Waals surface area contributed by atoms with E-state index in [9.17, 15) is 9.59 Å². The van der Waals surface area contributed by atoms with Gasteiger partial charge in [0, 0.05) is 0 Å². The van der Waals surface area contributed by atoms with Crippen LogP contribution in [0.15, 0.2) is 84.2 Å². The van der Waals surface area contributed by atoms with Gasteiger partial charge in [-0.25, -0.2) is 9.97 Å². The third kappa shape index (κ3) is 8.95. The van der Waals surface area contributed by atoms with Crippen molar-refractivity contribution in [3.05, 3.63) is 95.9 Å². The van der Waals surface area contributed by atoms with Crippen molar-refractivity contribution in [1.82, 2.24) is 30.6 Å². The van der Waals surface area contributed by atoms with Crippen molar-refractivity contribution < 1.29 is 9.59 Å². The van der Waals surface area contributed by atoms with Gasteiger partial charge in [0.15, 0.2) is 0 Å². The first kappa shape index (κ1) is 40.9. The van der Waals surface area contributed by atoms with Gasteiger partial charge in [0.2, 0.25) is 11.8 Å². The van der Waals surface area contributed by atoms with E-state index in [1.54, 1.807) is 0 Å². The molecular weight excluding hydrogens is 693 g/mol. The van der Waals surface area contributed by atoms with Crippen molar-refractivity contribution in [3.8, 4) is 33.6 Å². The van der Waals surface area contributed by atoms with Gasteiger partial charge in [-0.3, -0.25) is 9.59 Å². The topological polar surface area (TPSA) is 116 Å². The molecule has 0 spiro atoms. The average molecular weight is 757 g/mol. The van der Waals surface area contributed by atoms with Gasteiger partial charge in [0.05, 0.1) is 46.7 Å². The van der Waals surface area contributed by atoms with Crippen LogP contribution < -0.4 is 10.6 Å². The van der Waals surface area contributed by atoms with Crippen LogP contribution in [0.4, 0.5) is 0 Å². The molecule has 2 aliphatic carbocycles. The number of hydrogen-bond acceptors (Lipinski definition) is 4. The van der Waals surface area contributed by atoms with E-state index in [0.29, 0.717) is 0 Å². The Morgan fingerprint density at radius 3 is 1.18 bits per heavy atom. The van der Waals surface area contributed by atoms with E-state index >= 15 is 0 Å². The fourth-order valence-corrected chi connectivity index (χ4v) is 8.06. The van der Waals surface area contributed by atoms with Crippen LogP contribution in [0.2, 0.25) is 0 Å². The molecule has 4 aromatic rings. The largest absolute Gasteiger partial charge is 0.345 e. The average Bonchev–Trinajstić information content (AvgIpc) is 3.87. The zero-order valence-electron chi connectivity index (χ0n) is 35.5. The zero-order chi connectivity index (χ0) is 40.5. The quantitative estimate of drug-likeness (QED) is 0.114. The van der Waals surface area contributed by atoms with E-state index in [-0.39, 0.29) is 34.7 Å². The number of H-pyrrole nitrogens is 2. The molecule has 2 aliphatic rings. The van der Waals surface area contributed by atoms with Crippen LogP contribution >= 0.6 is 0 Å². The van der Waals surface area contributed by atoms with E-state index in [4.69, 9.17) is 9.97 Å². The number of nitrogens with zero attached hydrogens (tertiary/aromatic N) is 2. The number of imidazole rings is 2. The number of carbonyl (C=O) groups is 2. The zero-order valence-corrected chi connectivity index (χ0v) is 35.5. The minimum absolute atomic E-state index is 0.0388. The minimum Gasteiger partial charge on any atom is -0.345 e. The Bertz CT molecular complexity index is 1910. The maximum atomic E-state index is 13.7. The summed E-state index contributed by atoms with van der Waals surface area (Å²) < 4.78 is 0. The number of aromatic amines is 2. The molecule has 0 aliphatic heterocycles. The first-order chi connectivity index (χ1) is 26.4. The monoisotopic (exact) mass is 757 g/mol. The van der Waals surface area contributed by atoms with Crippen molar-refractivity contribution >= 4 is 11.8 Å². The van der Waals surface area contributed by atoms with Gasteiger partial charge in [-0.05, 0) is 112 Å². The third-order valence-corrected chi connectivity index (χ3v) is 12.1. The summed E-state index contributed by atoms with van der Waals surface area (Å²) in [4.78, 5) is 44.0. The molecule has 2 aromatic carbocycles. The molecule has 0 radical (unpaired) electrons. The Morgan fingerprint density at radius 1 is 0.536 bits per heavy atom. The van der Waals surface area contributed by atoms with Crippen LogP contribution in [-0.4, -0.2) is 31.8 Å². The number of hydrogen-bond donors (Lipinski definition) is 4. The van der Waals surface area contributed by atoms with E-state index in [1.165, 1.54) is 24.0 Å². The molecule has 6 rings (SSSR count). The number of nitrogens with one attached hydrogen (secondary N) is 4. The van der Waals surface area contributed by atoms with Gasteiger partial charge < -0.3 is 20.6 Å². The predicted molar refractivity (Wildman–Crippen MR) is 228 cm³/mol. The summed E-state index contributed by atoms with van der Waals surface area (Å²) in [6, 6.07) is 16.4. The van der Waals surface area contributed by atoms with Crippen LogP contribution in [0.1, 0.15) is 144 Å². The summed E-state index contributed by atoms with van der Waals surface area (Å²) in [5.41, 5.74) is 6.94. The number of carbonyl (C=O) groups excluding carboxylic acids is 2. The summed E-state index contributed by atoms with van der Waals surface area (Å²) in [5, 5.41) is 6.72. The molecule has 56 heavy (non-hydrogen) atoms. The number of aromatic nitrogens is 4. The van der Waals surface area contributed by atoms with E-state index in [1.807, 2.05) is 40.1 Å². The second-order valence-corrected chi connectivity index (χ2v) is 19.3. The highest BCUT2D eigenvalue weighted by Gasteiger charge is 2.39. The number of benzene rings is 2. The van der Waals surface area contributed by atoms with Gasteiger partial charge in [-0.2, -0.15) is 0 Å². The molecule has 0 saturated carbocycles. The molecule has 2 amide bonds. The predicted octanol–water partition coefficient (Wildman–Crippen LogP) is 11.6. The molecule has 0 bridgehead atoms. The smallest absolute Gasteiger partial charge is 0.230 e. The summed E-state index contributed by atoms with van der Waals surface area (Å²) in [5.74, 6) is 1.59. The second kappa shape index (κ2) is 16.0. The van der Waals surface area contributed by atoms with Crippen LogP contribution in [0.25, 0.3) is 33.6 Å². The molecule has 2 aromatic heterocycles. The highest BCUT2D eigenvalue weighted by molar-refractivity contribution is 5.86. The Labute approximate surface area is 334 Å². The van der Waals surface area contributed by atoms with E-state index in [0.717, 1.165) is 83.8 Å². The Balaban J connectivity index is 1.14. The molecule has 2 heterocycles. The summed E-state index contributed by atoms with van der Waals surface area (Å²) in [6.45, 7) is 21.0. The van der Waals surface area contributed by atoms with Gasteiger partial charge >= 0.3 is 0 Å². The van der Waals surface area contributed by atoms with E-state index in [2.05, 4.69) is 123 Å². The molecule has 2 atom stereocenters. The van der Waals surface area contributed by atoms with Crippen LogP contribution in [0.5, 0.6) is 0 Å². The standard InChI is InChI=1S/C48H64N6O2/c1-45(2,3)39(53-43(55)47(7,8)35-17-13-11-14-18-35)41-49-29-37(51-41)33-25-21-31(22-26-33)32-23-27-34(28-24-32)38-30-50-42(52-38)40(46(4,5)6)54-44(56)48(9,10)36-19-15-12-16-20-36/h17,19,21-30,39-40H,11-16,18,20H2,1-10H3,(H,49,51)(H,50,52)(H,53,55)(H,54,56)/t39-,40?/m1/s1. The SMILES string of the molecule is CC(C)(C(=O)NC(c1ncc(-c2ccc(-c3ccc(-c4cnc([C@@H](NC(=O)C(C)(C)C5=CCCCC5)C(C)(C)C)[nH]4)cc3)cc2)[nH]1)C(C)(C)C)C1=CCCCC1. The molecule has 1 unspecified atom stereocenters. The lowest BCUT2D eigenvalue weighted by Crippen LogP contribution is -2.44. The molecular formula is C48H64N6O2. The lowest BCUT2D eigenvalue weighted by Gasteiger charge is -2.35. The van der Waals surface area contributed by atoms with Crippen molar-refractivity contribution in [2.45, 2.75) is 133 Å². The molecule has 4 N–H and O–H groups in total. The molecule has 0 fully saturated rings. The van der Waals surface area contributed by atoms with E-state index < -0.39 is 10.8 Å².